The van der Waals surface area contributed by atoms with E-state index < -0.39 is 17.7 Å². The third-order valence-electron chi connectivity index (χ3n) is 3.37. The minimum absolute atomic E-state index is 0.144. The Morgan fingerprint density at radius 3 is 2.68 bits per heavy atom. The molecule has 1 amide bonds. The van der Waals surface area contributed by atoms with E-state index in [0.717, 1.165) is 10.2 Å². The Morgan fingerprint density at radius 2 is 1.95 bits per heavy atom. The minimum Gasteiger partial charge on any atom is -0.345 e. The number of aromatic nitrogens is 1. The molecule has 6 heteroatoms. The number of carbonyl (C=O) groups excluding carboxylic acids is 1. The number of carbonyl (C=O) groups is 1. The molecule has 112 valence electrons. The molecule has 0 aliphatic heterocycles. The average molecular weight is 318 g/mol. The van der Waals surface area contributed by atoms with Crippen LogP contribution in [0.5, 0.6) is 0 Å². The molecule has 0 bridgehead atoms. The molecule has 1 N–H and O–H groups in total. The number of hydrogen-bond donors (Lipinski definition) is 1. The van der Waals surface area contributed by atoms with Crippen molar-refractivity contribution in [2.45, 2.75) is 13.0 Å². The van der Waals surface area contributed by atoms with Gasteiger partial charge in [-0.1, -0.05) is 6.07 Å². The topological polar surface area (TPSA) is 42.0 Å². The zero-order valence-corrected chi connectivity index (χ0v) is 12.5. The third kappa shape index (κ3) is 2.69. The second kappa shape index (κ2) is 5.81. The predicted octanol–water partition coefficient (Wildman–Crippen LogP) is 4.07. The van der Waals surface area contributed by atoms with Gasteiger partial charge in [-0.25, -0.2) is 13.8 Å². The second-order valence-corrected chi connectivity index (χ2v) is 5.75. The summed E-state index contributed by atoms with van der Waals surface area (Å²) in [5, 5.41) is 2.62. The molecule has 0 saturated heterocycles. The Balaban J connectivity index is 1.84. The Morgan fingerprint density at radius 1 is 1.23 bits per heavy atom. The summed E-state index contributed by atoms with van der Waals surface area (Å²) in [7, 11) is 0. The van der Waals surface area contributed by atoms with Crippen molar-refractivity contribution < 1.29 is 13.6 Å². The molecule has 0 aliphatic carbocycles. The summed E-state index contributed by atoms with van der Waals surface area (Å²) in [5.74, 6) is -1.73. The van der Waals surface area contributed by atoms with Gasteiger partial charge in [0.05, 0.1) is 21.8 Å². The van der Waals surface area contributed by atoms with Crippen LogP contribution in [0.3, 0.4) is 0 Å². The van der Waals surface area contributed by atoms with Crippen molar-refractivity contribution in [2.75, 3.05) is 0 Å². The molecule has 2 aromatic carbocycles. The minimum atomic E-state index is -0.772. The van der Waals surface area contributed by atoms with Crippen LogP contribution >= 0.6 is 11.3 Å². The van der Waals surface area contributed by atoms with Crippen LogP contribution in [0.4, 0.5) is 8.78 Å². The molecular formula is C16H12F2N2OS. The van der Waals surface area contributed by atoms with Gasteiger partial charge in [0.15, 0.2) is 0 Å². The number of fused-ring (bicyclic) bond motifs is 1. The lowest BCUT2D eigenvalue weighted by atomic mass is 10.1. The first kappa shape index (κ1) is 14.6. The van der Waals surface area contributed by atoms with Crippen molar-refractivity contribution in [2.24, 2.45) is 0 Å². The zero-order valence-electron chi connectivity index (χ0n) is 11.6. The molecule has 1 unspecified atom stereocenters. The fourth-order valence-corrected chi connectivity index (χ4v) is 2.99. The van der Waals surface area contributed by atoms with Gasteiger partial charge in [-0.05, 0) is 37.3 Å². The Labute approximate surface area is 129 Å². The molecule has 3 rings (SSSR count). The van der Waals surface area contributed by atoms with Crippen LogP contribution in [0.25, 0.3) is 10.2 Å². The Bertz CT molecular complexity index is 827. The first-order valence-corrected chi connectivity index (χ1v) is 7.52. The zero-order chi connectivity index (χ0) is 15.7. The van der Waals surface area contributed by atoms with Gasteiger partial charge in [-0.3, -0.25) is 4.79 Å². The van der Waals surface area contributed by atoms with Crippen LogP contribution in [0.1, 0.15) is 28.9 Å². The van der Waals surface area contributed by atoms with E-state index in [1.807, 2.05) is 0 Å². The monoisotopic (exact) mass is 318 g/mol. The number of amides is 1. The number of benzene rings is 2. The van der Waals surface area contributed by atoms with Crippen molar-refractivity contribution in [3.8, 4) is 0 Å². The SMILES string of the molecule is CC(NC(=O)c1ccc2ncsc2c1)c1c(F)cccc1F. The number of nitrogens with one attached hydrogen (secondary N) is 1. The van der Waals surface area contributed by atoms with E-state index in [1.165, 1.54) is 29.5 Å². The van der Waals surface area contributed by atoms with Crippen molar-refractivity contribution in [3.63, 3.8) is 0 Å². The van der Waals surface area contributed by atoms with Crippen molar-refractivity contribution in [1.82, 2.24) is 10.3 Å². The van der Waals surface area contributed by atoms with Crippen molar-refractivity contribution in [3.05, 3.63) is 64.7 Å². The summed E-state index contributed by atoms with van der Waals surface area (Å²) in [6.07, 6.45) is 0. The van der Waals surface area contributed by atoms with Crippen LogP contribution in [0.2, 0.25) is 0 Å². The smallest absolute Gasteiger partial charge is 0.251 e. The fourth-order valence-electron chi connectivity index (χ4n) is 2.27. The second-order valence-electron chi connectivity index (χ2n) is 4.87. The number of nitrogens with zero attached hydrogens (tertiary/aromatic N) is 1. The Hall–Kier alpha value is -2.34. The lowest BCUT2D eigenvalue weighted by Gasteiger charge is -2.16. The number of thiazole rings is 1. The van der Waals surface area contributed by atoms with Gasteiger partial charge in [0.25, 0.3) is 5.91 Å². The third-order valence-corrected chi connectivity index (χ3v) is 4.17. The molecule has 1 aromatic heterocycles. The lowest BCUT2D eigenvalue weighted by molar-refractivity contribution is 0.0939. The highest BCUT2D eigenvalue weighted by Crippen LogP contribution is 2.22. The summed E-state index contributed by atoms with van der Waals surface area (Å²) in [6, 6.07) is 7.96. The van der Waals surface area contributed by atoms with Crippen LogP contribution in [0.15, 0.2) is 41.9 Å². The van der Waals surface area contributed by atoms with Gasteiger partial charge in [-0.15, -0.1) is 11.3 Å². The van der Waals surface area contributed by atoms with Crippen molar-refractivity contribution >= 4 is 27.5 Å². The van der Waals surface area contributed by atoms with E-state index in [-0.39, 0.29) is 11.5 Å². The molecule has 0 fully saturated rings. The first-order chi connectivity index (χ1) is 10.6. The van der Waals surface area contributed by atoms with E-state index in [4.69, 9.17) is 0 Å². The first-order valence-electron chi connectivity index (χ1n) is 6.64. The Kier molecular flexibility index (Phi) is 3.85. The average Bonchev–Trinajstić information content (AvgIpc) is 2.94. The molecule has 0 spiro atoms. The van der Waals surface area contributed by atoms with E-state index in [0.29, 0.717) is 5.56 Å². The van der Waals surface area contributed by atoms with Crippen LogP contribution in [-0.4, -0.2) is 10.9 Å². The number of hydrogen-bond acceptors (Lipinski definition) is 3. The van der Waals surface area contributed by atoms with E-state index in [2.05, 4.69) is 10.3 Å². The summed E-state index contributed by atoms with van der Waals surface area (Å²) in [4.78, 5) is 16.4. The molecular weight excluding hydrogens is 306 g/mol. The number of rotatable bonds is 3. The molecule has 1 atom stereocenters. The van der Waals surface area contributed by atoms with Crippen LogP contribution in [0, 0.1) is 11.6 Å². The molecule has 0 radical (unpaired) electrons. The molecule has 0 aliphatic rings. The highest BCUT2D eigenvalue weighted by Gasteiger charge is 2.18. The highest BCUT2D eigenvalue weighted by atomic mass is 32.1. The summed E-state index contributed by atoms with van der Waals surface area (Å²) in [5.41, 5.74) is 2.80. The normalized spacial score (nSPS) is 12.3. The van der Waals surface area contributed by atoms with Gasteiger partial charge in [-0.2, -0.15) is 0 Å². The molecule has 3 nitrogen and oxygen atoms in total. The number of halogens is 2. The quantitative estimate of drug-likeness (QED) is 0.791. The maximum absolute atomic E-state index is 13.7. The molecule has 0 saturated carbocycles. The predicted molar refractivity (Wildman–Crippen MR) is 81.9 cm³/mol. The highest BCUT2D eigenvalue weighted by molar-refractivity contribution is 7.16. The van der Waals surface area contributed by atoms with Crippen molar-refractivity contribution in [1.29, 1.82) is 0 Å². The van der Waals surface area contributed by atoms with E-state index in [1.54, 1.807) is 30.6 Å². The summed E-state index contributed by atoms with van der Waals surface area (Å²) < 4.78 is 28.3. The summed E-state index contributed by atoms with van der Waals surface area (Å²) >= 11 is 1.43. The molecule has 22 heavy (non-hydrogen) atoms. The van der Waals surface area contributed by atoms with Crippen LogP contribution in [-0.2, 0) is 0 Å². The van der Waals surface area contributed by atoms with Gasteiger partial charge in [0.2, 0.25) is 0 Å². The standard InChI is InChI=1S/C16H12F2N2OS/c1-9(15-11(17)3-2-4-12(15)18)20-16(21)10-5-6-13-14(7-10)22-8-19-13/h2-9H,1H3,(H,20,21). The molecule has 3 aromatic rings. The molecule has 1 heterocycles. The van der Waals surface area contributed by atoms with Gasteiger partial charge in [0.1, 0.15) is 11.6 Å². The largest absolute Gasteiger partial charge is 0.345 e. The van der Waals surface area contributed by atoms with Gasteiger partial charge in [0, 0.05) is 11.1 Å². The lowest BCUT2D eigenvalue weighted by Crippen LogP contribution is -2.27. The fraction of sp³-hybridized carbons (Fsp3) is 0.125. The van der Waals surface area contributed by atoms with E-state index in [9.17, 15) is 13.6 Å². The maximum Gasteiger partial charge on any atom is 0.251 e. The van der Waals surface area contributed by atoms with Gasteiger partial charge < -0.3 is 5.32 Å². The van der Waals surface area contributed by atoms with E-state index >= 15 is 0 Å². The van der Waals surface area contributed by atoms with Crippen LogP contribution < -0.4 is 5.32 Å². The maximum atomic E-state index is 13.7. The summed E-state index contributed by atoms with van der Waals surface area (Å²) in [6.45, 7) is 1.55. The van der Waals surface area contributed by atoms with Gasteiger partial charge >= 0.3 is 0 Å².